The lowest BCUT2D eigenvalue weighted by Crippen LogP contribution is -2.47. The highest BCUT2D eigenvalue weighted by Gasteiger charge is 2.32. The maximum atomic E-state index is 11.2. The van der Waals surface area contributed by atoms with Gasteiger partial charge >= 0.3 is 0 Å². The summed E-state index contributed by atoms with van der Waals surface area (Å²) in [7, 11) is -2.78. The Morgan fingerprint density at radius 3 is 2.62 bits per heavy atom. The van der Waals surface area contributed by atoms with Crippen molar-refractivity contribution in [3.63, 3.8) is 0 Å². The fourth-order valence-electron chi connectivity index (χ4n) is 2.31. The second-order valence-electron chi connectivity index (χ2n) is 4.96. The summed E-state index contributed by atoms with van der Waals surface area (Å²) in [5.74, 6) is 0.558. The zero-order chi connectivity index (χ0) is 11.6. The topological polar surface area (TPSA) is 78.4 Å². The van der Waals surface area contributed by atoms with E-state index in [4.69, 9.17) is 0 Å². The molecule has 5 nitrogen and oxygen atoms in total. The van der Waals surface area contributed by atoms with E-state index in [-0.39, 0.29) is 17.5 Å². The molecule has 2 fully saturated rings. The molecule has 94 valence electrons. The van der Waals surface area contributed by atoms with Crippen LogP contribution in [0.15, 0.2) is 0 Å². The molecule has 6 heteroatoms. The summed E-state index contributed by atoms with van der Waals surface area (Å²) in [5.41, 5.74) is -0.643. The highest BCUT2D eigenvalue weighted by Crippen LogP contribution is 2.16. The Labute approximate surface area is 96.5 Å². The van der Waals surface area contributed by atoms with Gasteiger partial charge in [0.1, 0.15) is 9.84 Å². The summed E-state index contributed by atoms with van der Waals surface area (Å²) in [6, 6.07) is 0.244. The van der Waals surface area contributed by atoms with Gasteiger partial charge in [0.05, 0.1) is 17.1 Å². The lowest BCUT2D eigenvalue weighted by atomic mass is 10.0. The maximum Gasteiger partial charge on any atom is 0.150 e. The molecule has 16 heavy (non-hydrogen) atoms. The summed E-state index contributed by atoms with van der Waals surface area (Å²) in [6.45, 7) is 2.05. The molecule has 0 saturated carbocycles. The third-order valence-corrected chi connectivity index (χ3v) is 5.21. The van der Waals surface area contributed by atoms with Crippen molar-refractivity contribution in [2.24, 2.45) is 0 Å². The van der Waals surface area contributed by atoms with Gasteiger partial charge in [-0.2, -0.15) is 0 Å². The molecule has 2 aliphatic heterocycles. The first-order chi connectivity index (χ1) is 7.49. The van der Waals surface area contributed by atoms with Gasteiger partial charge in [-0.15, -0.1) is 0 Å². The van der Waals surface area contributed by atoms with Gasteiger partial charge in [-0.3, -0.25) is 0 Å². The number of nitrogens with one attached hydrogen (secondary N) is 2. The molecule has 2 rings (SSSR count). The van der Waals surface area contributed by atoms with E-state index in [0.717, 1.165) is 13.0 Å². The molecule has 2 aliphatic rings. The van der Waals surface area contributed by atoms with Crippen molar-refractivity contribution in [2.45, 2.75) is 30.9 Å². The first-order valence-electron chi connectivity index (χ1n) is 5.86. The number of rotatable bonds is 3. The van der Waals surface area contributed by atoms with Crippen LogP contribution in [0.25, 0.3) is 0 Å². The minimum absolute atomic E-state index is 0.244. The van der Waals surface area contributed by atoms with E-state index in [1.165, 1.54) is 0 Å². The van der Waals surface area contributed by atoms with Gasteiger partial charge in [0, 0.05) is 19.1 Å². The molecule has 0 aromatic carbocycles. The summed E-state index contributed by atoms with van der Waals surface area (Å²) >= 11 is 0. The largest absolute Gasteiger partial charge is 0.387 e. The second kappa shape index (κ2) is 4.60. The van der Waals surface area contributed by atoms with E-state index >= 15 is 0 Å². The Hall–Kier alpha value is -0.170. The first kappa shape index (κ1) is 12.3. The lowest BCUT2D eigenvalue weighted by Gasteiger charge is -2.28. The van der Waals surface area contributed by atoms with Gasteiger partial charge in [-0.1, -0.05) is 0 Å². The van der Waals surface area contributed by atoms with Gasteiger partial charge in [-0.05, 0) is 25.8 Å². The van der Waals surface area contributed by atoms with E-state index in [1.54, 1.807) is 0 Å². The third-order valence-electron chi connectivity index (χ3n) is 3.50. The number of hydrogen-bond acceptors (Lipinski definition) is 5. The van der Waals surface area contributed by atoms with Crippen LogP contribution in [0.1, 0.15) is 19.3 Å². The second-order valence-corrected chi connectivity index (χ2v) is 7.26. The predicted molar refractivity (Wildman–Crippen MR) is 62.1 cm³/mol. The Kier molecular flexibility index (Phi) is 3.53. The van der Waals surface area contributed by atoms with E-state index in [0.29, 0.717) is 25.9 Å². The molecule has 0 amide bonds. The Bertz CT molecular complexity index is 322. The zero-order valence-corrected chi connectivity index (χ0v) is 10.2. The number of β-amino-alcohol motifs (C(OH)–C–C–N with tert-alkyl or cyclic N) is 1. The molecule has 1 atom stereocenters. The van der Waals surface area contributed by atoms with Crippen molar-refractivity contribution in [1.82, 2.24) is 10.6 Å². The smallest absolute Gasteiger partial charge is 0.150 e. The molecule has 0 aliphatic carbocycles. The fraction of sp³-hybridized carbons (Fsp3) is 1.00. The number of sulfone groups is 1. The molecule has 2 saturated heterocycles. The third kappa shape index (κ3) is 3.16. The Balaban J connectivity index is 1.75. The van der Waals surface area contributed by atoms with Crippen LogP contribution < -0.4 is 10.6 Å². The monoisotopic (exact) mass is 248 g/mol. The zero-order valence-electron chi connectivity index (χ0n) is 9.41. The summed E-state index contributed by atoms with van der Waals surface area (Å²) in [5, 5.41) is 16.5. The van der Waals surface area contributed by atoms with Crippen LogP contribution in [0.5, 0.6) is 0 Å². The van der Waals surface area contributed by atoms with Crippen LogP contribution >= 0.6 is 0 Å². The van der Waals surface area contributed by atoms with Gasteiger partial charge in [0.15, 0.2) is 0 Å². The maximum absolute atomic E-state index is 11.2. The van der Waals surface area contributed by atoms with E-state index in [9.17, 15) is 13.5 Å². The van der Waals surface area contributed by atoms with Crippen LogP contribution in [0.4, 0.5) is 0 Å². The Morgan fingerprint density at radius 1 is 1.38 bits per heavy atom. The van der Waals surface area contributed by atoms with Crippen molar-refractivity contribution in [1.29, 1.82) is 0 Å². The van der Waals surface area contributed by atoms with Gasteiger partial charge in [-0.25, -0.2) is 8.42 Å². The van der Waals surface area contributed by atoms with Gasteiger partial charge < -0.3 is 15.7 Å². The molecule has 0 spiro atoms. The molecule has 1 unspecified atom stereocenters. The highest BCUT2D eigenvalue weighted by atomic mass is 32.2. The Morgan fingerprint density at radius 2 is 2.06 bits per heavy atom. The number of hydrogen-bond donors (Lipinski definition) is 3. The molecule has 0 radical (unpaired) electrons. The lowest BCUT2D eigenvalue weighted by molar-refractivity contribution is 0.0577. The van der Waals surface area contributed by atoms with Crippen molar-refractivity contribution < 1.29 is 13.5 Å². The van der Waals surface area contributed by atoms with Crippen LogP contribution in [0.2, 0.25) is 0 Å². The van der Waals surface area contributed by atoms with Crippen molar-refractivity contribution >= 4 is 9.84 Å². The molecule has 0 aromatic rings. The molecule has 2 heterocycles. The fourth-order valence-corrected chi connectivity index (χ4v) is 3.80. The highest BCUT2D eigenvalue weighted by molar-refractivity contribution is 7.91. The molecule has 0 bridgehead atoms. The first-order valence-corrected chi connectivity index (χ1v) is 7.68. The molecular formula is C10H20N2O3S. The average Bonchev–Trinajstić information content (AvgIpc) is 2.64. The SMILES string of the molecule is O=S1(=O)CCC(NCC2(O)CCNC2)CC1. The van der Waals surface area contributed by atoms with Crippen LogP contribution in [0.3, 0.4) is 0 Å². The van der Waals surface area contributed by atoms with Gasteiger partial charge in [0.2, 0.25) is 0 Å². The van der Waals surface area contributed by atoms with Crippen molar-refractivity contribution in [2.75, 3.05) is 31.1 Å². The van der Waals surface area contributed by atoms with Crippen LogP contribution in [-0.2, 0) is 9.84 Å². The van der Waals surface area contributed by atoms with Crippen molar-refractivity contribution in [3.05, 3.63) is 0 Å². The predicted octanol–water partition coefficient (Wildman–Crippen LogP) is -1.12. The molecular weight excluding hydrogens is 228 g/mol. The minimum Gasteiger partial charge on any atom is -0.387 e. The summed E-state index contributed by atoms with van der Waals surface area (Å²) < 4.78 is 22.5. The van der Waals surface area contributed by atoms with Crippen molar-refractivity contribution in [3.8, 4) is 0 Å². The normalized spacial score (nSPS) is 35.3. The summed E-state index contributed by atoms with van der Waals surface area (Å²) in [6.07, 6.45) is 2.11. The average molecular weight is 248 g/mol. The van der Waals surface area contributed by atoms with E-state index < -0.39 is 15.4 Å². The van der Waals surface area contributed by atoms with Crippen LogP contribution in [-0.4, -0.2) is 56.3 Å². The number of aliphatic hydroxyl groups is 1. The quantitative estimate of drug-likeness (QED) is 0.589. The van der Waals surface area contributed by atoms with E-state index in [2.05, 4.69) is 10.6 Å². The van der Waals surface area contributed by atoms with Crippen LogP contribution in [0, 0.1) is 0 Å². The standard InChI is InChI=1S/C10H20N2O3S/c13-10(3-4-11-7-10)8-12-9-1-5-16(14,15)6-2-9/h9,11-13H,1-8H2. The van der Waals surface area contributed by atoms with E-state index in [1.807, 2.05) is 0 Å². The minimum atomic E-state index is -2.78. The molecule has 0 aromatic heterocycles. The van der Waals surface area contributed by atoms with Gasteiger partial charge in [0.25, 0.3) is 0 Å². The summed E-state index contributed by atoms with van der Waals surface area (Å²) in [4.78, 5) is 0. The molecule has 3 N–H and O–H groups in total.